The number of hydrogen-bond donors (Lipinski definition) is 2. The summed E-state index contributed by atoms with van der Waals surface area (Å²) >= 11 is 0. The number of urea groups is 1. The molecule has 1 saturated carbocycles. The summed E-state index contributed by atoms with van der Waals surface area (Å²) in [6, 6.07) is -0.409. The number of fused-ring (bicyclic) bond motifs is 1. The molecule has 1 atom stereocenters. The highest BCUT2D eigenvalue weighted by Crippen LogP contribution is 2.47. The number of carbonyl (C=O) groups is 1. The van der Waals surface area contributed by atoms with Crippen LogP contribution in [0.1, 0.15) is 44.9 Å². The van der Waals surface area contributed by atoms with Gasteiger partial charge in [0.1, 0.15) is 0 Å². The maximum absolute atomic E-state index is 11.1. The number of allylic oxidation sites excluding steroid dienone is 3. The van der Waals surface area contributed by atoms with Gasteiger partial charge in [0.25, 0.3) is 0 Å². The van der Waals surface area contributed by atoms with E-state index >= 15 is 0 Å². The quantitative estimate of drug-likeness (QED) is 0.698. The molecule has 0 bridgehead atoms. The van der Waals surface area contributed by atoms with Gasteiger partial charge in [-0.15, -0.1) is 0 Å². The van der Waals surface area contributed by atoms with Crippen LogP contribution in [-0.2, 0) is 0 Å². The van der Waals surface area contributed by atoms with Gasteiger partial charge in [0.2, 0.25) is 0 Å². The molecule has 86 valence electrons. The van der Waals surface area contributed by atoms with E-state index in [1.807, 2.05) is 0 Å². The van der Waals surface area contributed by atoms with Gasteiger partial charge in [-0.2, -0.15) is 0 Å². The summed E-state index contributed by atoms with van der Waals surface area (Å²) in [6.45, 7) is 0. The first-order chi connectivity index (χ1) is 7.75. The number of hydrogen-bond acceptors (Lipinski definition) is 1. The van der Waals surface area contributed by atoms with Gasteiger partial charge in [0, 0.05) is 5.70 Å². The lowest BCUT2D eigenvalue weighted by Crippen LogP contribution is -2.32. The van der Waals surface area contributed by atoms with Crippen molar-refractivity contribution in [2.45, 2.75) is 44.9 Å². The Morgan fingerprint density at radius 1 is 1.25 bits per heavy atom. The molecule has 3 nitrogen and oxygen atoms in total. The molecule has 0 aromatic rings. The number of primary amides is 1. The highest BCUT2D eigenvalue weighted by Gasteiger charge is 2.34. The minimum atomic E-state index is -0.409. The van der Waals surface area contributed by atoms with Crippen molar-refractivity contribution in [2.24, 2.45) is 11.7 Å². The van der Waals surface area contributed by atoms with E-state index in [4.69, 9.17) is 5.73 Å². The second-order valence-electron chi connectivity index (χ2n) is 5.12. The Labute approximate surface area is 95.8 Å². The number of rotatable bonds is 1. The van der Waals surface area contributed by atoms with E-state index in [0.717, 1.165) is 18.5 Å². The van der Waals surface area contributed by atoms with Crippen LogP contribution in [0.15, 0.2) is 22.4 Å². The maximum atomic E-state index is 11.1. The first kappa shape index (κ1) is 9.94. The molecule has 3 N–H and O–H groups in total. The monoisotopic (exact) mass is 218 g/mol. The molecule has 16 heavy (non-hydrogen) atoms. The predicted octanol–water partition coefficient (Wildman–Crippen LogP) is 2.59. The fraction of sp³-hybridized carbons (Fsp3) is 0.615. The predicted molar refractivity (Wildman–Crippen MR) is 62.6 cm³/mol. The first-order valence-electron chi connectivity index (χ1n) is 6.26. The van der Waals surface area contributed by atoms with Crippen LogP contribution in [0, 0.1) is 5.92 Å². The molecule has 1 unspecified atom stereocenters. The van der Waals surface area contributed by atoms with Crippen molar-refractivity contribution < 1.29 is 4.79 Å². The Morgan fingerprint density at radius 2 is 2.12 bits per heavy atom. The molecule has 3 heteroatoms. The largest absolute Gasteiger partial charge is 0.351 e. The molecule has 0 spiro atoms. The number of amides is 2. The van der Waals surface area contributed by atoms with Crippen molar-refractivity contribution in [1.29, 1.82) is 0 Å². The number of nitrogens with two attached hydrogens (primary N) is 1. The summed E-state index contributed by atoms with van der Waals surface area (Å²) < 4.78 is 0. The lowest BCUT2D eigenvalue weighted by atomic mass is 9.84. The van der Waals surface area contributed by atoms with Crippen molar-refractivity contribution in [3.05, 3.63) is 22.4 Å². The second-order valence-corrected chi connectivity index (χ2v) is 5.12. The molecule has 0 heterocycles. The lowest BCUT2D eigenvalue weighted by molar-refractivity contribution is 0.251. The zero-order valence-electron chi connectivity index (χ0n) is 9.51. The summed E-state index contributed by atoms with van der Waals surface area (Å²) in [5.74, 6) is 0.693. The highest BCUT2D eigenvalue weighted by atomic mass is 16.2. The smallest absolute Gasteiger partial charge is 0.316 e. The van der Waals surface area contributed by atoms with Crippen LogP contribution in [0.2, 0.25) is 0 Å². The van der Waals surface area contributed by atoms with Crippen molar-refractivity contribution in [3.8, 4) is 0 Å². The maximum Gasteiger partial charge on any atom is 0.316 e. The number of carbonyl (C=O) groups excluding carboxylic acids is 1. The van der Waals surface area contributed by atoms with E-state index in [0.29, 0.717) is 5.92 Å². The molecule has 2 amide bonds. The van der Waals surface area contributed by atoms with E-state index in [2.05, 4.69) is 5.32 Å². The fourth-order valence-corrected chi connectivity index (χ4v) is 3.58. The average molecular weight is 218 g/mol. The molecule has 0 radical (unpaired) electrons. The van der Waals surface area contributed by atoms with Crippen LogP contribution >= 0.6 is 0 Å². The molecule has 1 fully saturated rings. The van der Waals surface area contributed by atoms with Crippen molar-refractivity contribution in [2.75, 3.05) is 0 Å². The molecule has 0 aromatic carbocycles. The highest BCUT2D eigenvalue weighted by molar-refractivity contribution is 5.75. The van der Waals surface area contributed by atoms with Crippen molar-refractivity contribution >= 4 is 6.03 Å². The lowest BCUT2D eigenvalue weighted by Gasteiger charge is -2.25. The van der Waals surface area contributed by atoms with Gasteiger partial charge in [-0.1, -0.05) is 5.57 Å². The van der Waals surface area contributed by atoms with Gasteiger partial charge in [0.05, 0.1) is 0 Å². The van der Waals surface area contributed by atoms with Gasteiger partial charge in [-0.25, -0.2) is 4.79 Å². The SMILES string of the molecule is NC(=O)NC1=C2CCCC2CC2=C1CCC2. The van der Waals surface area contributed by atoms with Crippen LogP contribution in [0.3, 0.4) is 0 Å². The zero-order valence-corrected chi connectivity index (χ0v) is 9.51. The second kappa shape index (κ2) is 3.65. The van der Waals surface area contributed by atoms with Gasteiger partial charge < -0.3 is 11.1 Å². The third kappa shape index (κ3) is 1.46. The molecule has 0 saturated heterocycles. The summed E-state index contributed by atoms with van der Waals surface area (Å²) in [7, 11) is 0. The molecule has 3 aliphatic carbocycles. The van der Waals surface area contributed by atoms with Gasteiger partial charge in [-0.05, 0) is 62.0 Å². The van der Waals surface area contributed by atoms with Gasteiger partial charge in [-0.3, -0.25) is 0 Å². The Morgan fingerprint density at radius 3 is 2.94 bits per heavy atom. The normalized spacial score (nSPS) is 28.1. The van der Waals surface area contributed by atoms with Gasteiger partial charge in [0.15, 0.2) is 0 Å². The zero-order chi connectivity index (χ0) is 11.1. The summed E-state index contributed by atoms with van der Waals surface area (Å²) in [4.78, 5) is 11.1. The Kier molecular flexibility index (Phi) is 2.27. The Hall–Kier alpha value is -1.25. The minimum Gasteiger partial charge on any atom is -0.351 e. The molecule has 0 aromatic heterocycles. The van der Waals surface area contributed by atoms with Crippen LogP contribution in [-0.4, -0.2) is 6.03 Å². The van der Waals surface area contributed by atoms with Crippen molar-refractivity contribution in [1.82, 2.24) is 5.32 Å². The summed E-state index contributed by atoms with van der Waals surface area (Å²) in [5, 5.41) is 2.89. The van der Waals surface area contributed by atoms with E-state index in [9.17, 15) is 4.79 Å². The first-order valence-corrected chi connectivity index (χ1v) is 6.26. The van der Waals surface area contributed by atoms with Crippen LogP contribution < -0.4 is 11.1 Å². The van der Waals surface area contributed by atoms with Crippen LogP contribution in [0.4, 0.5) is 4.79 Å². The molecule has 3 aliphatic rings. The molecular formula is C13H18N2O. The van der Waals surface area contributed by atoms with E-state index in [1.165, 1.54) is 43.3 Å². The van der Waals surface area contributed by atoms with Crippen molar-refractivity contribution in [3.63, 3.8) is 0 Å². The summed E-state index contributed by atoms with van der Waals surface area (Å²) in [6.07, 6.45) is 8.55. The van der Waals surface area contributed by atoms with E-state index in [-0.39, 0.29) is 0 Å². The standard InChI is InChI=1S/C13H18N2O/c14-13(16)15-12-10-5-1-3-8(10)7-9-4-2-6-11(9)12/h8H,1-7H2,(H3,14,15,16). The molecule has 3 rings (SSSR count). The van der Waals surface area contributed by atoms with Gasteiger partial charge >= 0.3 is 6.03 Å². The third-order valence-electron chi connectivity index (χ3n) is 4.19. The summed E-state index contributed by atoms with van der Waals surface area (Å²) in [5.41, 5.74) is 10.9. The Balaban J connectivity index is 2.01. The Bertz CT molecular complexity index is 406. The van der Waals surface area contributed by atoms with Crippen LogP contribution in [0.5, 0.6) is 0 Å². The van der Waals surface area contributed by atoms with E-state index in [1.54, 1.807) is 5.57 Å². The topological polar surface area (TPSA) is 55.1 Å². The average Bonchev–Trinajstić information content (AvgIpc) is 2.83. The minimum absolute atomic E-state index is 0.409. The number of nitrogens with one attached hydrogen (secondary N) is 1. The van der Waals surface area contributed by atoms with E-state index < -0.39 is 6.03 Å². The third-order valence-corrected chi connectivity index (χ3v) is 4.19. The molecular weight excluding hydrogens is 200 g/mol. The van der Waals surface area contributed by atoms with Crippen LogP contribution in [0.25, 0.3) is 0 Å². The fourth-order valence-electron chi connectivity index (χ4n) is 3.58. The molecule has 0 aliphatic heterocycles.